The number of imide groups is 1. The second kappa shape index (κ2) is 7.24. The van der Waals surface area contributed by atoms with E-state index in [-0.39, 0.29) is 12.5 Å². The minimum Gasteiger partial charge on any atom is -0.319 e. The number of carbonyl (C=O) groups excluding carboxylic acids is 2. The van der Waals surface area contributed by atoms with Crippen molar-refractivity contribution in [3.63, 3.8) is 0 Å². The van der Waals surface area contributed by atoms with Gasteiger partial charge in [0.25, 0.3) is 5.91 Å². The SMILES string of the molecule is Cc1nn(-c2ccccc2)c(Cl)c1CN1C(=O)N[C@](C)(c2ccc3c(c2)CCC3)C1=O. The van der Waals surface area contributed by atoms with Crippen LogP contribution < -0.4 is 5.32 Å². The van der Waals surface area contributed by atoms with Crippen LogP contribution in [-0.4, -0.2) is 26.6 Å². The van der Waals surface area contributed by atoms with E-state index in [0.29, 0.717) is 16.4 Å². The van der Waals surface area contributed by atoms with Crippen LogP contribution in [0.15, 0.2) is 48.5 Å². The number of hydrogen-bond acceptors (Lipinski definition) is 3. The maximum absolute atomic E-state index is 13.4. The number of carbonyl (C=O) groups is 2. The minimum atomic E-state index is -1.09. The van der Waals surface area contributed by atoms with Gasteiger partial charge in [0.15, 0.2) is 0 Å². The molecule has 2 heterocycles. The molecule has 1 fully saturated rings. The number of rotatable bonds is 4. The number of urea groups is 1. The Balaban J connectivity index is 1.45. The third-order valence-corrected chi connectivity index (χ3v) is 6.78. The second-order valence-corrected chi connectivity index (χ2v) is 8.74. The first-order valence-corrected chi connectivity index (χ1v) is 10.8. The summed E-state index contributed by atoms with van der Waals surface area (Å²) in [6, 6.07) is 15.2. The van der Waals surface area contributed by atoms with Gasteiger partial charge >= 0.3 is 6.03 Å². The fraction of sp³-hybridized carbons (Fsp3) is 0.292. The molecule has 5 rings (SSSR count). The minimum absolute atomic E-state index is 0.0721. The molecule has 0 bridgehead atoms. The number of benzene rings is 2. The number of fused-ring (bicyclic) bond motifs is 1. The average Bonchev–Trinajstić information content (AvgIpc) is 3.41. The van der Waals surface area contributed by atoms with Crippen LogP contribution in [0.2, 0.25) is 5.15 Å². The van der Waals surface area contributed by atoms with E-state index in [2.05, 4.69) is 22.5 Å². The van der Waals surface area contributed by atoms with Gasteiger partial charge in [-0.05, 0) is 61.9 Å². The lowest BCUT2D eigenvalue weighted by Crippen LogP contribution is -2.41. The molecule has 1 atom stereocenters. The lowest BCUT2D eigenvalue weighted by atomic mass is 9.89. The zero-order valence-electron chi connectivity index (χ0n) is 17.5. The first-order valence-electron chi connectivity index (χ1n) is 10.4. The highest BCUT2D eigenvalue weighted by Crippen LogP contribution is 2.34. The summed E-state index contributed by atoms with van der Waals surface area (Å²) in [6.07, 6.45) is 3.21. The van der Waals surface area contributed by atoms with Gasteiger partial charge in [-0.25, -0.2) is 9.48 Å². The Morgan fingerprint density at radius 3 is 2.61 bits per heavy atom. The van der Waals surface area contributed by atoms with E-state index in [0.717, 1.165) is 30.5 Å². The molecule has 31 heavy (non-hydrogen) atoms. The molecule has 0 radical (unpaired) electrons. The van der Waals surface area contributed by atoms with Crippen LogP contribution in [0.1, 0.15) is 41.3 Å². The van der Waals surface area contributed by atoms with Crippen LogP contribution in [0.4, 0.5) is 4.79 Å². The molecular weight excluding hydrogens is 412 g/mol. The number of nitrogens with zero attached hydrogens (tertiary/aromatic N) is 3. The molecule has 2 aromatic carbocycles. The molecule has 0 spiro atoms. The van der Waals surface area contributed by atoms with Crippen molar-refractivity contribution >= 4 is 23.5 Å². The van der Waals surface area contributed by atoms with Crippen molar-refractivity contribution in [3.8, 4) is 5.69 Å². The normalized spacial score (nSPS) is 20.3. The van der Waals surface area contributed by atoms with Crippen molar-refractivity contribution in [1.29, 1.82) is 0 Å². The van der Waals surface area contributed by atoms with Crippen LogP contribution in [0.5, 0.6) is 0 Å². The van der Waals surface area contributed by atoms with Crippen LogP contribution in [0, 0.1) is 6.92 Å². The molecular formula is C24H23ClN4O2. The van der Waals surface area contributed by atoms with Crippen LogP contribution in [0.25, 0.3) is 5.69 Å². The number of aryl methyl sites for hydroxylation is 3. The van der Waals surface area contributed by atoms with E-state index < -0.39 is 11.6 Å². The first kappa shape index (κ1) is 19.8. The summed E-state index contributed by atoms with van der Waals surface area (Å²) in [5, 5.41) is 7.82. The number of nitrogens with one attached hydrogen (secondary N) is 1. The zero-order chi connectivity index (χ0) is 21.8. The zero-order valence-corrected chi connectivity index (χ0v) is 18.2. The summed E-state index contributed by atoms with van der Waals surface area (Å²) >= 11 is 6.62. The fourth-order valence-electron chi connectivity index (χ4n) is 4.53. The van der Waals surface area contributed by atoms with Crippen molar-refractivity contribution in [2.45, 2.75) is 45.2 Å². The van der Waals surface area contributed by atoms with E-state index in [1.54, 1.807) is 11.6 Å². The van der Waals surface area contributed by atoms with Crippen LogP contribution >= 0.6 is 11.6 Å². The van der Waals surface area contributed by atoms with E-state index in [9.17, 15) is 9.59 Å². The molecule has 1 saturated heterocycles. The molecule has 1 aliphatic carbocycles. The molecule has 3 aromatic rings. The number of amides is 3. The van der Waals surface area contributed by atoms with Crippen molar-refractivity contribution in [1.82, 2.24) is 20.0 Å². The maximum atomic E-state index is 13.4. The average molecular weight is 435 g/mol. The van der Waals surface area contributed by atoms with E-state index in [4.69, 9.17) is 11.6 Å². The van der Waals surface area contributed by atoms with Gasteiger partial charge in [-0.3, -0.25) is 9.69 Å². The molecule has 7 heteroatoms. The molecule has 1 aromatic heterocycles. The number of para-hydroxylation sites is 1. The summed E-state index contributed by atoms with van der Waals surface area (Å²) in [5.74, 6) is -0.279. The monoisotopic (exact) mass is 434 g/mol. The van der Waals surface area contributed by atoms with Crippen molar-refractivity contribution in [2.75, 3.05) is 0 Å². The fourth-order valence-corrected chi connectivity index (χ4v) is 4.86. The number of halogens is 1. The predicted molar refractivity (Wildman–Crippen MR) is 118 cm³/mol. The summed E-state index contributed by atoms with van der Waals surface area (Å²) < 4.78 is 1.63. The Labute approximate surface area is 185 Å². The standard InChI is InChI=1S/C24H23ClN4O2/c1-15-20(21(25)29(27-15)19-9-4-3-5-10-19)14-28-22(30)24(2,26-23(28)31)18-12-11-16-7-6-8-17(16)13-18/h3-5,9-13H,6-8,14H2,1-2H3,(H,26,31)/t24-/m1/s1. The Hall–Kier alpha value is -3.12. The quantitative estimate of drug-likeness (QED) is 0.623. The van der Waals surface area contributed by atoms with Crippen LogP contribution in [-0.2, 0) is 29.7 Å². The maximum Gasteiger partial charge on any atom is 0.325 e. The van der Waals surface area contributed by atoms with E-state index in [1.807, 2.05) is 43.3 Å². The molecule has 0 saturated carbocycles. The molecule has 158 valence electrons. The van der Waals surface area contributed by atoms with Gasteiger partial charge in [0, 0.05) is 5.56 Å². The largest absolute Gasteiger partial charge is 0.325 e. The van der Waals surface area contributed by atoms with Crippen molar-refractivity contribution in [2.24, 2.45) is 0 Å². The predicted octanol–water partition coefficient (Wildman–Crippen LogP) is 4.29. The Morgan fingerprint density at radius 2 is 1.84 bits per heavy atom. The molecule has 0 unspecified atom stereocenters. The molecule has 1 N–H and O–H groups in total. The summed E-state index contributed by atoms with van der Waals surface area (Å²) in [5.41, 5.74) is 4.48. The topological polar surface area (TPSA) is 67.2 Å². The van der Waals surface area contributed by atoms with E-state index in [1.165, 1.54) is 16.0 Å². The van der Waals surface area contributed by atoms with E-state index >= 15 is 0 Å². The lowest BCUT2D eigenvalue weighted by Gasteiger charge is -2.23. The van der Waals surface area contributed by atoms with Crippen molar-refractivity contribution in [3.05, 3.63) is 81.6 Å². The van der Waals surface area contributed by atoms with Gasteiger partial charge in [0.2, 0.25) is 0 Å². The molecule has 2 aliphatic rings. The molecule has 1 aliphatic heterocycles. The highest BCUT2D eigenvalue weighted by Gasteiger charge is 2.49. The Kier molecular flexibility index (Phi) is 4.63. The van der Waals surface area contributed by atoms with Crippen LogP contribution in [0.3, 0.4) is 0 Å². The van der Waals surface area contributed by atoms with Gasteiger partial charge in [-0.15, -0.1) is 0 Å². The van der Waals surface area contributed by atoms with Gasteiger partial charge in [-0.1, -0.05) is 48.0 Å². The van der Waals surface area contributed by atoms with Gasteiger partial charge < -0.3 is 5.32 Å². The summed E-state index contributed by atoms with van der Waals surface area (Å²) in [4.78, 5) is 27.5. The summed E-state index contributed by atoms with van der Waals surface area (Å²) in [6.45, 7) is 3.67. The van der Waals surface area contributed by atoms with Gasteiger partial charge in [-0.2, -0.15) is 5.10 Å². The highest BCUT2D eigenvalue weighted by molar-refractivity contribution is 6.30. The third-order valence-electron chi connectivity index (χ3n) is 6.39. The van der Waals surface area contributed by atoms with Crippen molar-refractivity contribution < 1.29 is 9.59 Å². The lowest BCUT2D eigenvalue weighted by molar-refractivity contribution is -0.131. The molecule has 3 amide bonds. The number of hydrogen-bond donors (Lipinski definition) is 1. The van der Waals surface area contributed by atoms with Gasteiger partial charge in [0.05, 0.1) is 17.9 Å². The Morgan fingerprint density at radius 1 is 1.10 bits per heavy atom. The van der Waals surface area contributed by atoms with Gasteiger partial charge in [0.1, 0.15) is 10.7 Å². The molecule has 6 nitrogen and oxygen atoms in total. The smallest absolute Gasteiger partial charge is 0.319 e. The summed E-state index contributed by atoms with van der Waals surface area (Å²) in [7, 11) is 0. The Bertz CT molecular complexity index is 1200. The first-order chi connectivity index (χ1) is 14.9. The highest BCUT2D eigenvalue weighted by atomic mass is 35.5. The number of aromatic nitrogens is 2. The third kappa shape index (κ3) is 3.13. The second-order valence-electron chi connectivity index (χ2n) is 8.39.